The Morgan fingerprint density at radius 3 is 2.67 bits per heavy atom. The molecule has 1 amide bonds. The van der Waals surface area contributed by atoms with Gasteiger partial charge in [0, 0.05) is 42.1 Å². The van der Waals surface area contributed by atoms with E-state index in [0.717, 1.165) is 80.8 Å². The third-order valence-electron chi connectivity index (χ3n) is 7.90. The second-order valence-corrected chi connectivity index (χ2v) is 9.93. The van der Waals surface area contributed by atoms with Crippen LogP contribution in [0.3, 0.4) is 0 Å². The van der Waals surface area contributed by atoms with E-state index >= 15 is 0 Å². The van der Waals surface area contributed by atoms with E-state index in [1.165, 1.54) is 22.1 Å². The van der Waals surface area contributed by atoms with Gasteiger partial charge in [0.25, 0.3) is 5.91 Å². The Hall–Kier alpha value is -3.09. The zero-order valence-electron chi connectivity index (χ0n) is 20.8. The van der Waals surface area contributed by atoms with Crippen molar-refractivity contribution in [3.63, 3.8) is 0 Å². The molecule has 2 aliphatic rings. The van der Waals surface area contributed by atoms with E-state index in [-0.39, 0.29) is 18.3 Å². The standard InChI is InChI=1S/C29H33N5O.ClH/c1-2-33(19-20-7-4-3-5-8-20)23-13-15-34(16-14-23)29(35)21-11-12-26-25(17-21)24-10-6-9-22-18-30-32-27(22)28(24)31-26;/h3-5,7-8,11-12,17-18,23,31H,2,6,9-10,13-16,19H2,1H3,(H,30,32);1H. The Bertz CT molecular complexity index is 1340. The van der Waals surface area contributed by atoms with Crippen molar-refractivity contribution < 1.29 is 4.79 Å². The number of H-pyrrole nitrogens is 2. The van der Waals surface area contributed by atoms with Crippen LogP contribution in [-0.2, 0) is 19.4 Å². The number of carbonyl (C=O) groups is 1. The van der Waals surface area contributed by atoms with E-state index in [1.54, 1.807) is 0 Å². The summed E-state index contributed by atoms with van der Waals surface area (Å²) in [5.41, 5.74) is 8.04. The number of nitrogens with one attached hydrogen (secondary N) is 2. The maximum Gasteiger partial charge on any atom is 0.253 e. The van der Waals surface area contributed by atoms with E-state index in [1.807, 2.05) is 17.2 Å². The highest BCUT2D eigenvalue weighted by Gasteiger charge is 2.28. The predicted molar refractivity (Wildman–Crippen MR) is 147 cm³/mol. The maximum absolute atomic E-state index is 13.5. The number of aromatic nitrogens is 3. The van der Waals surface area contributed by atoms with Crippen molar-refractivity contribution >= 4 is 29.2 Å². The molecule has 1 saturated heterocycles. The van der Waals surface area contributed by atoms with Gasteiger partial charge >= 0.3 is 0 Å². The van der Waals surface area contributed by atoms with Crippen molar-refractivity contribution in [3.05, 3.63) is 77.0 Å². The van der Waals surface area contributed by atoms with Gasteiger partial charge < -0.3 is 9.88 Å². The average Bonchev–Trinajstić information content (AvgIpc) is 3.47. The number of carbonyl (C=O) groups excluding carboxylic acids is 1. The predicted octanol–water partition coefficient (Wildman–Crippen LogP) is 5.60. The van der Waals surface area contributed by atoms with Gasteiger partial charge in [0.1, 0.15) is 0 Å². The number of hydrogen-bond donors (Lipinski definition) is 2. The molecule has 2 aromatic heterocycles. The molecule has 1 aliphatic heterocycles. The van der Waals surface area contributed by atoms with Crippen molar-refractivity contribution in [2.45, 2.75) is 51.6 Å². The fourth-order valence-corrected chi connectivity index (χ4v) is 5.96. The molecule has 1 fully saturated rings. The number of halogens is 1. The number of aryl methyl sites for hydroxylation is 2. The summed E-state index contributed by atoms with van der Waals surface area (Å²) in [6, 6.07) is 17.4. The number of piperidine rings is 1. The minimum Gasteiger partial charge on any atom is -0.353 e. The molecule has 2 N–H and O–H groups in total. The van der Waals surface area contributed by atoms with Crippen LogP contribution in [0, 0.1) is 0 Å². The number of amides is 1. The molecule has 188 valence electrons. The largest absolute Gasteiger partial charge is 0.353 e. The van der Waals surface area contributed by atoms with Crippen molar-refractivity contribution in [3.8, 4) is 11.4 Å². The van der Waals surface area contributed by atoms with Gasteiger partial charge in [0.05, 0.1) is 17.6 Å². The quantitative estimate of drug-likeness (QED) is 0.372. The molecule has 4 aromatic rings. The third-order valence-corrected chi connectivity index (χ3v) is 7.90. The zero-order chi connectivity index (χ0) is 23.8. The summed E-state index contributed by atoms with van der Waals surface area (Å²) in [4.78, 5) is 21.7. The van der Waals surface area contributed by atoms with E-state index in [0.29, 0.717) is 6.04 Å². The van der Waals surface area contributed by atoms with Crippen LogP contribution in [0.15, 0.2) is 54.7 Å². The first kappa shape index (κ1) is 24.6. The number of fused-ring (bicyclic) bond motifs is 5. The highest BCUT2D eigenvalue weighted by Crippen LogP contribution is 2.36. The molecule has 1 aliphatic carbocycles. The Morgan fingerprint density at radius 1 is 1.08 bits per heavy atom. The van der Waals surface area contributed by atoms with Crippen LogP contribution < -0.4 is 0 Å². The van der Waals surface area contributed by atoms with Crippen molar-refractivity contribution in [2.75, 3.05) is 19.6 Å². The lowest BCUT2D eigenvalue weighted by atomic mass is 10.00. The summed E-state index contributed by atoms with van der Waals surface area (Å²) in [5, 5.41) is 8.61. The monoisotopic (exact) mass is 503 g/mol. The molecule has 0 spiro atoms. The topological polar surface area (TPSA) is 68.0 Å². The van der Waals surface area contributed by atoms with Gasteiger partial charge in [0.15, 0.2) is 0 Å². The van der Waals surface area contributed by atoms with Gasteiger partial charge in [0.2, 0.25) is 0 Å². The van der Waals surface area contributed by atoms with Gasteiger partial charge in [-0.05, 0) is 73.5 Å². The number of rotatable bonds is 5. The SMILES string of the molecule is CCN(Cc1ccccc1)C1CCN(C(=O)c2ccc3[nH]c4c(c3c2)CCCc2cn[nH]c2-4)CC1.Cl. The number of likely N-dealkylation sites (tertiary alicyclic amines) is 1. The first-order chi connectivity index (χ1) is 17.2. The second kappa shape index (κ2) is 10.5. The number of aromatic amines is 2. The van der Waals surface area contributed by atoms with Gasteiger partial charge in [-0.1, -0.05) is 37.3 Å². The van der Waals surface area contributed by atoms with Crippen LogP contribution in [0.1, 0.15) is 53.2 Å². The molecular weight excluding hydrogens is 470 g/mol. The fourth-order valence-electron chi connectivity index (χ4n) is 5.96. The lowest BCUT2D eigenvalue weighted by molar-refractivity contribution is 0.0615. The summed E-state index contributed by atoms with van der Waals surface area (Å²) in [6.07, 6.45) is 7.12. The highest BCUT2D eigenvalue weighted by atomic mass is 35.5. The summed E-state index contributed by atoms with van der Waals surface area (Å²) in [5.74, 6) is 0.155. The Balaban J connectivity index is 0.00000267. The van der Waals surface area contributed by atoms with Crippen LogP contribution in [-0.4, -0.2) is 56.6 Å². The van der Waals surface area contributed by atoms with Crippen LogP contribution >= 0.6 is 12.4 Å². The van der Waals surface area contributed by atoms with Crippen LogP contribution in [0.25, 0.3) is 22.3 Å². The molecule has 0 atom stereocenters. The summed E-state index contributed by atoms with van der Waals surface area (Å²) in [7, 11) is 0. The Kier molecular flexibility index (Phi) is 7.17. The minimum atomic E-state index is 0. The smallest absolute Gasteiger partial charge is 0.253 e. The van der Waals surface area contributed by atoms with Gasteiger partial charge in [-0.2, -0.15) is 5.10 Å². The minimum absolute atomic E-state index is 0. The maximum atomic E-state index is 13.5. The Labute approximate surface area is 218 Å². The molecule has 0 bridgehead atoms. The van der Waals surface area contributed by atoms with E-state index < -0.39 is 0 Å². The normalized spacial score (nSPS) is 15.9. The molecule has 0 unspecified atom stereocenters. The van der Waals surface area contributed by atoms with Gasteiger partial charge in [-0.25, -0.2) is 0 Å². The van der Waals surface area contributed by atoms with Crippen LogP contribution in [0.2, 0.25) is 0 Å². The van der Waals surface area contributed by atoms with Gasteiger partial charge in [-0.3, -0.25) is 14.8 Å². The molecule has 36 heavy (non-hydrogen) atoms. The second-order valence-electron chi connectivity index (χ2n) is 9.93. The molecule has 7 heteroatoms. The van der Waals surface area contributed by atoms with E-state index in [9.17, 15) is 4.79 Å². The first-order valence-electron chi connectivity index (χ1n) is 13.0. The summed E-state index contributed by atoms with van der Waals surface area (Å²) < 4.78 is 0. The van der Waals surface area contributed by atoms with Crippen LogP contribution in [0.4, 0.5) is 0 Å². The summed E-state index contributed by atoms with van der Waals surface area (Å²) >= 11 is 0. The Morgan fingerprint density at radius 2 is 1.89 bits per heavy atom. The number of nitrogens with zero attached hydrogens (tertiary/aromatic N) is 3. The van der Waals surface area contributed by atoms with Crippen molar-refractivity contribution in [1.82, 2.24) is 25.0 Å². The molecule has 6 nitrogen and oxygen atoms in total. The molecular formula is C29H34ClN5O. The number of hydrogen-bond acceptors (Lipinski definition) is 3. The molecule has 0 saturated carbocycles. The third kappa shape index (κ3) is 4.56. The number of benzene rings is 2. The molecule has 6 rings (SSSR count). The fraction of sp³-hybridized carbons (Fsp3) is 0.379. The average molecular weight is 504 g/mol. The lowest BCUT2D eigenvalue weighted by Crippen LogP contribution is -2.46. The van der Waals surface area contributed by atoms with Crippen molar-refractivity contribution in [1.29, 1.82) is 0 Å². The highest BCUT2D eigenvalue weighted by molar-refractivity contribution is 6.00. The molecule has 0 radical (unpaired) electrons. The zero-order valence-corrected chi connectivity index (χ0v) is 21.6. The van der Waals surface area contributed by atoms with E-state index in [2.05, 4.69) is 69.5 Å². The van der Waals surface area contributed by atoms with Gasteiger partial charge in [-0.15, -0.1) is 12.4 Å². The van der Waals surface area contributed by atoms with E-state index in [4.69, 9.17) is 0 Å². The van der Waals surface area contributed by atoms with Crippen LogP contribution in [0.5, 0.6) is 0 Å². The first-order valence-corrected chi connectivity index (χ1v) is 13.0. The molecule has 2 aromatic carbocycles. The van der Waals surface area contributed by atoms with Crippen molar-refractivity contribution in [2.24, 2.45) is 0 Å². The molecule has 3 heterocycles. The summed E-state index contributed by atoms with van der Waals surface area (Å²) in [6.45, 7) is 5.87. The lowest BCUT2D eigenvalue weighted by Gasteiger charge is -2.38.